The Balaban J connectivity index is 5.18. The van der Waals surface area contributed by atoms with Crippen molar-refractivity contribution in [2.45, 2.75) is 401 Å². The molecule has 0 aromatic heterocycles. The SMILES string of the molecule is CC(C)CCCCCCCCCCCCCCCCCCCCC(=O)O[C@H](COC(=O)CCCCCCCCCC(C)C)COP(=O)(O)OCC(O)COP(=O)(O)OC[C@@H](COC(=O)CCCCCCCCCCCCC(C)C)OC(=O)CCCCCCCCCCC(C)C. The van der Waals surface area contributed by atoms with E-state index in [-0.39, 0.29) is 25.7 Å². The lowest BCUT2D eigenvalue weighted by Crippen LogP contribution is -2.30. The van der Waals surface area contributed by atoms with Gasteiger partial charge in [0.25, 0.3) is 0 Å². The Labute approximate surface area is 581 Å². The molecule has 19 heteroatoms. The van der Waals surface area contributed by atoms with Crippen LogP contribution in [0.15, 0.2) is 0 Å². The summed E-state index contributed by atoms with van der Waals surface area (Å²) in [6.07, 6.45) is 50.2. The van der Waals surface area contributed by atoms with Crippen LogP contribution in [-0.4, -0.2) is 96.7 Å². The minimum absolute atomic E-state index is 0.104. The molecule has 0 heterocycles. The molecular formula is C76H148O17P2. The molecule has 0 radical (unpaired) electrons. The maximum absolute atomic E-state index is 13.1. The summed E-state index contributed by atoms with van der Waals surface area (Å²) in [5.74, 6) is 0.878. The highest BCUT2D eigenvalue weighted by Crippen LogP contribution is 2.45. The summed E-state index contributed by atoms with van der Waals surface area (Å²) in [7, 11) is -9.91. The Hall–Kier alpha value is -1.94. The number of aliphatic hydroxyl groups is 1. The predicted molar refractivity (Wildman–Crippen MR) is 386 cm³/mol. The highest BCUT2D eigenvalue weighted by molar-refractivity contribution is 7.47. The summed E-state index contributed by atoms with van der Waals surface area (Å²) in [5.41, 5.74) is 0. The zero-order valence-corrected chi connectivity index (χ0v) is 64.1. The van der Waals surface area contributed by atoms with Gasteiger partial charge in [0.15, 0.2) is 12.2 Å². The van der Waals surface area contributed by atoms with Crippen LogP contribution in [0.1, 0.15) is 383 Å². The van der Waals surface area contributed by atoms with Crippen LogP contribution in [0, 0.1) is 23.7 Å². The van der Waals surface area contributed by atoms with Crippen LogP contribution in [0.5, 0.6) is 0 Å². The smallest absolute Gasteiger partial charge is 0.462 e. The summed E-state index contributed by atoms with van der Waals surface area (Å²) in [6, 6.07) is 0. The molecule has 0 spiro atoms. The fraction of sp³-hybridized carbons (Fsp3) is 0.947. The average molecular weight is 1400 g/mol. The second-order valence-corrected chi connectivity index (χ2v) is 32.2. The first-order valence-electron chi connectivity index (χ1n) is 39.2. The van der Waals surface area contributed by atoms with E-state index in [0.717, 1.165) is 114 Å². The van der Waals surface area contributed by atoms with Crippen LogP contribution in [0.25, 0.3) is 0 Å². The van der Waals surface area contributed by atoms with Gasteiger partial charge in [-0.05, 0) is 49.4 Å². The Morgan fingerprint density at radius 3 is 0.653 bits per heavy atom. The number of unbranched alkanes of at least 4 members (excludes halogenated alkanes) is 39. The third kappa shape index (κ3) is 70.3. The number of carbonyl (C=O) groups is 4. The molecule has 0 aliphatic heterocycles. The van der Waals surface area contributed by atoms with Crippen molar-refractivity contribution in [2.75, 3.05) is 39.6 Å². The molecule has 95 heavy (non-hydrogen) atoms. The topological polar surface area (TPSA) is 237 Å². The van der Waals surface area contributed by atoms with Gasteiger partial charge in [0, 0.05) is 25.7 Å². The number of phosphoric ester groups is 2. The lowest BCUT2D eigenvalue weighted by molar-refractivity contribution is -0.161. The molecule has 17 nitrogen and oxygen atoms in total. The van der Waals surface area contributed by atoms with Crippen molar-refractivity contribution in [1.29, 1.82) is 0 Å². The first-order chi connectivity index (χ1) is 45.6. The summed E-state index contributed by atoms with van der Waals surface area (Å²) in [5, 5.41) is 10.6. The summed E-state index contributed by atoms with van der Waals surface area (Å²) in [4.78, 5) is 72.7. The number of aliphatic hydroxyl groups excluding tert-OH is 1. The molecule has 0 aromatic rings. The van der Waals surface area contributed by atoms with E-state index in [2.05, 4.69) is 55.4 Å². The van der Waals surface area contributed by atoms with Gasteiger partial charge < -0.3 is 33.8 Å². The van der Waals surface area contributed by atoms with Crippen molar-refractivity contribution < 1.29 is 80.2 Å². The average Bonchev–Trinajstić information content (AvgIpc) is 1.22. The lowest BCUT2D eigenvalue weighted by atomic mass is 10.0. The number of ether oxygens (including phenoxy) is 4. The van der Waals surface area contributed by atoms with Crippen LogP contribution >= 0.6 is 15.6 Å². The maximum Gasteiger partial charge on any atom is 0.472 e. The maximum atomic E-state index is 13.1. The monoisotopic (exact) mass is 1400 g/mol. The first-order valence-corrected chi connectivity index (χ1v) is 42.2. The van der Waals surface area contributed by atoms with Gasteiger partial charge in [-0.3, -0.25) is 37.3 Å². The van der Waals surface area contributed by atoms with Gasteiger partial charge in [0.1, 0.15) is 19.3 Å². The standard InChI is InChI=1S/C76H148O17P2/c1-66(2)52-44-36-28-21-17-15-13-11-9-10-12-14-16-18-24-33-42-50-58-75(80)92-72(63-87-74(79)57-49-41-35-27-31-39-47-55-69(7)8)65-91-95(84,85)89-61-70(77)60-88-94(82,83)90-64-71(93-76(81)59-51-43-34-26-25-30-38-46-54-68(5)6)62-86-73(78)56-48-40-32-23-20-19-22-29-37-45-53-67(3)4/h66-72,77H,9-65H2,1-8H3,(H,82,83)(H,84,85)/t70?,71-,72-/m1/s1. The van der Waals surface area contributed by atoms with E-state index < -0.39 is 97.5 Å². The molecule has 0 rings (SSSR count). The van der Waals surface area contributed by atoms with Crippen molar-refractivity contribution in [3.8, 4) is 0 Å². The highest BCUT2D eigenvalue weighted by Gasteiger charge is 2.30. The Bertz CT molecular complexity index is 1870. The zero-order chi connectivity index (χ0) is 70.3. The largest absolute Gasteiger partial charge is 0.472 e. The second kappa shape index (κ2) is 65.4. The highest BCUT2D eigenvalue weighted by atomic mass is 31.2. The predicted octanol–water partition coefficient (Wildman–Crippen LogP) is 22.0. The van der Waals surface area contributed by atoms with Gasteiger partial charge in [-0.1, -0.05) is 331 Å². The molecule has 0 saturated heterocycles. The molecule has 3 N–H and O–H groups in total. The van der Waals surface area contributed by atoms with E-state index in [1.807, 2.05) is 0 Å². The number of hydrogen-bond acceptors (Lipinski definition) is 15. The number of phosphoric acid groups is 2. The van der Waals surface area contributed by atoms with Crippen LogP contribution < -0.4 is 0 Å². The third-order valence-corrected chi connectivity index (χ3v) is 19.5. The lowest BCUT2D eigenvalue weighted by Gasteiger charge is -2.21. The van der Waals surface area contributed by atoms with Crippen molar-refractivity contribution in [3.63, 3.8) is 0 Å². The normalized spacial score (nSPS) is 14.1. The molecule has 0 bridgehead atoms. The van der Waals surface area contributed by atoms with E-state index in [9.17, 15) is 43.2 Å². The summed E-state index contributed by atoms with van der Waals surface area (Å²) in [6.45, 7) is 14.1. The van der Waals surface area contributed by atoms with Crippen LogP contribution in [0.3, 0.4) is 0 Å². The minimum atomic E-state index is -4.96. The minimum Gasteiger partial charge on any atom is -0.462 e. The molecule has 0 aromatic carbocycles. The fourth-order valence-electron chi connectivity index (χ4n) is 11.6. The molecule has 564 valence electrons. The van der Waals surface area contributed by atoms with Gasteiger partial charge in [-0.15, -0.1) is 0 Å². The van der Waals surface area contributed by atoms with E-state index in [4.69, 9.17) is 37.0 Å². The van der Waals surface area contributed by atoms with Gasteiger partial charge in [-0.2, -0.15) is 0 Å². The Morgan fingerprint density at radius 2 is 0.442 bits per heavy atom. The van der Waals surface area contributed by atoms with Crippen molar-refractivity contribution in [2.24, 2.45) is 23.7 Å². The number of esters is 4. The number of rotatable bonds is 73. The summed E-state index contributed by atoms with van der Waals surface area (Å²) >= 11 is 0. The molecule has 0 aliphatic carbocycles. The molecule has 0 fully saturated rings. The van der Waals surface area contributed by atoms with Crippen molar-refractivity contribution in [1.82, 2.24) is 0 Å². The molecule has 0 aliphatic rings. The van der Waals surface area contributed by atoms with E-state index in [1.54, 1.807) is 0 Å². The Kier molecular flexibility index (Phi) is 64.0. The number of hydrogen-bond donors (Lipinski definition) is 3. The van der Waals surface area contributed by atoms with Crippen molar-refractivity contribution in [3.05, 3.63) is 0 Å². The number of carbonyl (C=O) groups excluding carboxylic acids is 4. The van der Waals surface area contributed by atoms with E-state index in [0.29, 0.717) is 31.6 Å². The van der Waals surface area contributed by atoms with E-state index >= 15 is 0 Å². The fourth-order valence-corrected chi connectivity index (χ4v) is 13.1. The van der Waals surface area contributed by atoms with Crippen LogP contribution in [0.2, 0.25) is 0 Å². The van der Waals surface area contributed by atoms with Crippen molar-refractivity contribution >= 4 is 39.5 Å². The van der Waals surface area contributed by atoms with Gasteiger partial charge in [-0.25, -0.2) is 9.13 Å². The van der Waals surface area contributed by atoms with Gasteiger partial charge in [0.2, 0.25) is 0 Å². The van der Waals surface area contributed by atoms with Gasteiger partial charge >= 0.3 is 39.5 Å². The zero-order valence-electron chi connectivity index (χ0n) is 62.3. The summed E-state index contributed by atoms with van der Waals surface area (Å²) < 4.78 is 68.5. The molecular weight excluding hydrogens is 1250 g/mol. The van der Waals surface area contributed by atoms with Gasteiger partial charge in [0.05, 0.1) is 26.4 Å². The Morgan fingerprint density at radius 1 is 0.263 bits per heavy atom. The van der Waals surface area contributed by atoms with Crippen LogP contribution in [0.4, 0.5) is 0 Å². The molecule has 0 amide bonds. The molecule has 5 atom stereocenters. The second-order valence-electron chi connectivity index (χ2n) is 29.3. The first kappa shape index (κ1) is 93.1. The molecule has 0 saturated carbocycles. The van der Waals surface area contributed by atoms with Crippen LogP contribution in [-0.2, 0) is 65.4 Å². The third-order valence-electron chi connectivity index (χ3n) is 17.6. The van der Waals surface area contributed by atoms with E-state index in [1.165, 1.54) is 180 Å². The molecule has 3 unspecified atom stereocenters. The quantitative estimate of drug-likeness (QED) is 0.0222.